The number of rotatable bonds is 8. The molecule has 1 heterocycles. The van der Waals surface area contributed by atoms with E-state index in [1.54, 1.807) is 14.2 Å². The number of benzene rings is 1. The number of nitrogens with zero attached hydrogens (tertiary/aromatic N) is 2. The molecule has 1 aliphatic rings. The van der Waals surface area contributed by atoms with Crippen molar-refractivity contribution in [2.45, 2.75) is 32.2 Å². The summed E-state index contributed by atoms with van der Waals surface area (Å²) in [6, 6.07) is 5.74. The molecule has 1 aliphatic carbocycles. The number of aryl methyl sites for hydroxylation is 1. The zero-order valence-corrected chi connectivity index (χ0v) is 15.0. The fourth-order valence-electron chi connectivity index (χ4n) is 3.13. The standard InChI is InChI=1S/C19H25N3O3/c1-4-22-12-13(11-21-22)7-8-20-19(23)17-10-15(17)16-9-14(24-2)5-6-18(16)25-3/h5-6,9,11-12,15,17H,4,7-8,10H2,1-3H3,(H,20,23)/t15-,17+/m0/s1. The van der Waals surface area contributed by atoms with Gasteiger partial charge in [0.05, 0.1) is 20.4 Å². The summed E-state index contributed by atoms with van der Waals surface area (Å²) in [5.41, 5.74) is 2.19. The van der Waals surface area contributed by atoms with Crippen molar-refractivity contribution in [3.8, 4) is 11.5 Å². The van der Waals surface area contributed by atoms with Crippen LogP contribution >= 0.6 is 0 Å². The van der Waals surface area contributed by atoms with E-state index < -0.39 is 0 Å². The molecule has 0 spiro atoms. The van der Waals surface area contributed by atoms with E-state index in [9.17, 15) is 4.79 Å². The Balaban J connectivity index is 1.53. The number of carbonyl (C=O) groups is 1. The molecule has 1 fully saturated rings. The number of aromatic nitrogens is 2. The normalized spacial score (nSPS) is 18.7. The summed E-state index contributed by atoms with van der Waals surface area (Å²) in [6.07, 6.45) is 5.53. The van der Waals surface area contributed by atoms with Crippen molar-refractivity contribution in [3.05, 3.63) is 41.7 Å². The molecular formula is C19H25N3O3. The first-order valence-electron chi connectivity index (χ1n) is 8.67. The van der Waals surface area contributed by atoms with Crippen molar-refractivity contribution in [2.75, 3.05) is 20.8 Å². The molecular weight excluding hydrogens is 318 g/mol. The minimum atomic E-state index is 0.0133. The summed E-state index contributed by atoms with van der Waals surface area (Å²) in [4.78, 5) is 12.4. The van der Waals surface area contributed by atoms with E-state index in [1.807, 2.05) is 35.3 Å². The van der Waals surface area contributed by atoms with Crippen molar-refractivity contribution in [1.82, 2.24) is 15.1 Å². The first kappa shape index (κ1) is 17.3. The van der Waals surface area contributed by atoms with Crippen molar-refractivity contribution in [3.63, 3.8) is 0 Å². The summed E-state index contributed by atoms with van der Waals surface area (Å²) in [5, 5.41) is 7.28. The lowest BCUT2D eigenvalue weighted by molar-refractivity contribution is -0.122. The Labute approximate surface area is 148 Å². The Kier molecular flexibility index (Phi) is 5.26. The molecule has 1 aromatic heterocycles. The Morgan fingerprint density at radius 3 is 2.88 bits per heavy atom. The maximum Gasteiger partial charge on any atom is 0.223 e. The molecule has 0 radical (unpaired) electrons. The van der Waals surface area contributed by atoms with Crippen molar-refractivity contribution >= 4 is 5.91 Å². The highest BCUT2D eigenvalue weighted by Gasteiger charge is 2.45. The summed E-state index contributed by atoms with van der Waals surface area (Å²) in [6.45, 7) is 3.55. The maximum atomic E-state index is 12.4. The molecule has 2 atom stereocenters. The van der Waals surface area contributed by atoms with E-state index in [0.717, 1.165) is 42.0 Å². The third-order valence-corrected chi connectivity index (χ3v) is 4.69. The van der Waals surface area contributed by atoms with Crippen molar-refractivity contribution in [1.29, 1.82) is 0 Å². The number of amides is 1. The van der Waals surface area contributed by atoms with Crippen LogP contribution in [0, 0.1) is 5.92 Å². The molecule has 0 unspecified atom stereocenters. The molecule has 6 nitrogen and oxygen atoms in total. The van der Waals surface area contributed by atoms with E-state index in [1.165, 1.54) is 0 Å². The molecule has 25 heavy (non-hydrogen) atoms. The molecule has 134 valence electrons. The topological polar surface area (TPSA) is 65.4 Å². The Morgan fingerprint density at radius 1 is 1.36 bits per heavy atom. The molecule has 1 saturated carbocycles. The van der Waals surface area contributed by atoms with Crippen LogP contribution in [0.4, 0.5) is 0 Å². The number of hydrogen-bond donors (Lipinski definition) is 1. The van der Waals surface area contributed by atoms with Gasteiger partial charge in [-0.1, -0.05) is 0 Å². The Hall–Kier alpha value is -2.50. The summed E-state index contributed by atoms with van der Waals surface area (Å²) < 4.78 is 12.6. The molecule has 6 heteroatoms. The van der Waals surface area contributed by atoms with E-state index in [-0.39, 0.29) is 17.7 Å². The van der Waals surface area contributed by atoms with Gasteiger partial charge in [-0.05, 0) is 43.5 Å². The van der Waals surface area contributed by atoms with Gasteiger partial charge in [-0.3, -0.25) is 9.48 Å². The lowest BCUT2D eigenvalue weighted by Crippen LogP contribution is -2.27. The molecule has 2 aromatic rings. The van der Waals surface area contributed by atoms with Gasteiger partial charge >= 0.3 is 0 Å². The second-order valence-electron chi connectivity index (χ2n) is 6.30. The molecule has 1 N–H and O–H groups in total. The fraction of sp³-hybridized carbons (Fsp3) is 0.474. The van der Waals surface area contributed by atoms with Crippen LogP contribution in [0.15, 0.2) is 30.6 Å². The van der Waals surface area contributed by atoms with Crippen LogP contribution in [0.25, 0.3) is 0 Å². The van der Waals surface area contributed by atoms with Crippen LogP contribution < -0.4 is 14.8 Å². The monoisotopic (exact) mass is 343 g/mol. The van der Waals surface area contributed by atoms with Crippen molar-refractivity contribution < 1.29 is 14.3 Å². The first-order chi connectivity index (χ1) is 12.2. The zero-order valence-electron chi connectivity index (χ0n) is 15.0. The highest BCUT2D eigenvalue weighted by atomic mass is 16.5. The number of carbonyl (C=O) groups excluding carboxylic acids is 1. The predicted molar refractivity (Wildman–Crippen MR) is 95.0 cm³/mol. The number of ether oxygens (including phenoxy) is 2. The maximum absolute atomic E-state index is 12.4. The largest absolute Gasteiger partial charge is 0.497 e. The van der Waals surface area contributed by atoms with Crippen LogP contribution in [-0.2, 0) is 17.8 Å². The fourth-order valence-corrected chi connectivity index (χ4v) is 3.13. The summed E-state index contributed by atoms with van der Waals surface area (Å²) >= 11 is 0. The van der Waals surface area contributed by atoms with E-state index in [2.05, 4.69) is 17.3 Å². The van der Waals surface area contributed by atoms with Crippen LogP contribution in [0.1, 0.15) is 30.4 Å². The van der Waals surface area contributed by atoms with Gasteiger partial charge in [-0.25, -0.2) is 0 Å². The predicted octanol–water partition coefficient (Wildman–Crippen LogP) is 2.38. The second kappa shape index (κ2) is 7.59. The van der Waals surface area contributed by atoms with Crippen molar-refractivity contribution in [2.24, 2.45) is 5.92 Å². The van der Waals surface area contributed by atoms with E-state index in [4.69, 9.17) is 9.47 Å². The van der Waals surface area contributed by atoms with Crippen LogP contribution in [0.2, 0.25) is 0 Å². The van der Waals surface area contributed by atoms with Gasteiger partial charge in [0.2, 0.25) is 5.91 Å². The zero-order chi connectivity index (χ0) is 17.8. The van der Waals surface area contributed by atoms with Crippen LogP contribution in [0.3, 0.4) is 0 Å². The average Bonchev–Trinajstić information content (AvgIpc) is 3.32. The lowest BCUT2D eigenvalue weighted by Gasteiger charge is -2.10. The number of methoxy groups -OCH3 is 2. The number of hydrogen-bond acceptors (Lipinski definition) is 4. The van der Waals surface area contributed by atoms with Gasteiger partial charge in [0.25, 0.3) is 0 Å². The average molecular weight is 343 g/mol. The summed E-state index contributed by atoms with van der Waals surface area (Å²) in [7, 11) is 3.29. The first-order valence-corrected chi connectivity index (χ1v) is 8.67. The van der Waals surface area contributed by atoms with E-state index >= 15 is 0 Å². The Bertz CT molecular complexity index is 741. The third-order valence-electron chi connectivity index (χ3n) is 4.69. The Morgan fingerprint density at radius 2 is 2.20 bits per heavy atom. The SMILES string of the molecule is CCn1cc(CCNC(=O)[C@@H]2C[C@H]2c2cc(OC)ccc2OC)cn1. The number of nitrogens with one attached hydrogen (secondary N) is 1. The van der Waals surface area contributed by atoms with Crippen LogP contribution in [0.5, 0.6) is 11.5 Å². The molecule has 1 aromatic carbocycles. The van der Waals surface area contributed by atoms with Gasteiger partial charge < -0.3 is 14.8 Å². The molecule has 0 bridgehead atoms. The van der Waals surface area contributed by atoms with Gasteiger partial charge in [0.1, 0.15) is 11.5 Å². The second-order valence-corrected chi connectivity index (χ2v) is 6.30. The van der Waals surface area contributed by atoms with Crippen LogP contribution in [-0.4, -0.2) is 36.5 Å². The highest BCUT2D eigenvalue weighted by Crippen LogP contribution is 2.51. The highest BCUT2D eigenvalue weighted by molar-refractivity contribution is 5.83. The molecule has 0 saturated heterocycles. The van der Waals surface area contributed by atoms with E-state index in [0.29, 0.717) is 6.54 Å². The smallest absolute Gasteiger partial charge is 0.223 e. The minimum absolute atomic E-state index is 0.0133. The quantitative estimate of drug-likeness (QED) is 0.799. The third kappa shape index (κ3) is 3.95. The van der Waals surface area contributed by atoms with Gasteiger partial charge in [-0.2, -0.15) is 5.10 Å². The molecule has 0 aliphatic heterocycles. The van der Waals surface area contributed by atoms with Gasteiger partial charge in [0, 0.05) is 36.7 Å². The molecule has 1 amide bonds. The summed E-state index contributed by atoms with van der Waals surface area (Å²) in [5.74, 6) is 1.92. The van der Waals surface area contributed by atoms with Gasteiger partial charge in [0.15, 0.2) is 0 Å². The molecule has 3 rings (SSSR count). The van der Waals surface area contributed by atoms with Gasteiger partial charge in [-0.15, -0.1) is 0 Å². The minimum Gasteiger partial charge on any atom is -0.497 e. The lowest BCUT2D eigenvalue weighted by atomic mass is 10.1.